The fourth-order valence-electron chi connectivity index (χ4n) is 3.42. The van der Waals surface area contributed by atoms with E-state index in [1.807, 2.05) is 42.3 Å². The molecule has 6 nitrogen and oxygen atoms in total. The number of hydrogen-bond acceptors (Lipinski definition) is 4. The van der Waals surface area contributed by atoms with Crippen LogP contribution in [-0.2, 0) is 11.3 Å². The van der Waals surface area contributed by atoms with E-state index in [-0.39, 0.29) is 5.91 Å². The van der Waals surface area contributed by atoms with Crippen molar-refractivity contribution in [3.63, 3.8) is 0 Å². The van der Waals surface area contributed by atoms with Gasteiger partial charge >= 0.3 is 0 Å². The highest BCUT2D eigenvalue weighted by atomic mass is 16.2. The van der Waals surface area contributed by atoms with Crippen molar-refractivity contribution in [3.8, 4) is 0 Å². The van der Waals surface area contributed by atoms with Crippen LogP contribution in [0.3, 0.4) is 0 Å². The van der Waals surface area contributed by atoms with Gasteiger partial charge in [0, 0.05) is 37.8 Å². The van der Waals surface area contributed by atoms with Crippen LogP contribution in [0.4, 0.5) is 5.82 Å². The number of pyridine rings is 1. The van der Waals surface area contributed by atoms with Gasteiger partial charge in [0.15, 0.2) is 0 Å². The topological polar surface area (TPSA) is 54.3 Å². The average molecular weight is 349 g/mol. The van der Waals surface area contributed by atoms with E-state index in [4.69, 9.17) is 4.98 Å². The minimum absolute atomic E-state index is 0.126. The van der Waals surface area contributed by atoms with Crippen molar-refractivity contribution in [3.05, 3.63) is 54.4 Å². The van der Waals surface area contributed by atoms with E-state index in [0.29, 0.717) is 13.1 Å². The molecule has 1 aliphatic heterocycles. The summed E-state index contributed by atoms with van der Waals surface area (Å²) in [4.78, 5) is 21.6. The number of nitrogens with zero attached hydrogens (tertiary/aromatic N) is 5. The Morgan fingerprint density at radius 2 is 1.92 bits per heavy atom. The van der Waals surface area contributed by atoms with Gasteiger partial charge in [0.05, 0.1) is 11.2 Å². The summed E-state index contributed by atoms with van der Waals surface area (Å²) < 4.78 is 1.71. The number of amides is 1. The van der Waals surface area contributed by atoms with Gasteiger partial charge in [-0.15, -0.1) is 0 Å². The lowest BCUT2D eigenvalue weighted by Gasteiger charge is -2.23. The van der Waals surface area contributed by atoms with Crippen LogP contribution >= 0.6 is 0 Å². The van der Waals surface area contributed by atoms with E-state index in [0.717, 1.165) is 48.5 Å². The van der Waals surface area contributed by atoms with Crippen molar-refractivity contribution in [1.29, 1.82) is 0 Å². The van der Waals surface area contributed by atoms with Crippen molar-refractivity contribution in [2.24, 2.45) is 0 Å². The number of aromatic nitrogens is 3. The van der Waals surface area contributed by atoms with Gasteiger partial charge in [-0.05, 0) is 37.6 Å². The summed E-state index contributed by atoms with van der Waals surface area (Å²) in [7, 11) is 0. The zero-order valence-corrected chi connectivity index (χ0v) is 15.0. The van der Waals surface area contributed by atoms with Crippen LogP contribution in [-0.4, -0.2) is 51.8 Å². The van der Waals surface area contributed by atoms with Crippen molar-refractivity contribution in [2.45, 2.75) is 19.9 Å². The number of aryl methyl sites for hydroxylation is 1. The highest BCUT2D eigenvalue weighted by Crippen LogP contribution is 2.19. The lowest BCUT2D eigenvalue weighted by Crippen LogP contribution is -2.37. The van der Waals surface area contributed by atoms with Crippen LogP contribution < -0.4 is 4.90 Å². The molecule has 0 aliphatic carbocycles. The first kappa shape index (κ1) is 16.6. The Morgan fingerprint density at radius 1 is 1.04 bits per heavy atom. The van der Waals surface area contributed by atoms with Gasteiger partial charge in [0.2, 0.25) is 5.91 Å². The molecule has 2 aromatic heterocycles. The van der Waals surface area contributed by atoms with E-state index in [1.165, 1.54) is 0 Å². The molecule has 3 aromatic rings. The molecule has 1 amide bonds. The Balaban J connectivity index is 1.43. The molecule has 1 saturated heterocycles. The molecule has 0 bridgehead atoms. The molecule has 3 heterocycles. The van der Waals surface area contributed by atoms with Crippen LogP contribution in [0.25, 0.3) is 10.9 Å². The Bertz CT molecular complexity index is 919. The maximum Gasteiger partial charge on any atom is 0.244 e. The largest absolute Gasteiger partial charge is 0.355 e. The SMILES string of the molecule is Cc1ccn(CC(=O)N2CCCN(c3ccc4ccccc4n3)CC2)n1. The second-order valence-corrected chi connectivity index (χ2v) is 6.74. The zero-order valence-electron chi connectivity index (χ0n) is 15.0. The molecule has 0 radical (unpaired) electrons. The average Bonchev–Trinajstić information content (AvgIpc) is 2.92. The molecule has 1 aliphatic rings. The molecule has 4 rings (SSSR count). The van der Waals surface area contributed by atoms with Crippen molar-refractivity contribution in [1.82, 2.24) is 19.7 Å². The van der Waals surface area contributed by atoms with Gasteiger partial charge in [-0.2, -0.15) is 5.10 Å². The first-order chi connectivity index (χ1) is 12.7. The molecular formula is C20H23N5O. The first-order valence-corrected chi connectivity index (χ1v) is 9.08. The lowest BCUT2D eigenvalue weighted by molar-refractivity contribution is -0.131. The van der Waals surface area contributed by atoms with Crippen molar-refractivity contribution < 1.29 is 4.79 Å². The van der Waals surface area contributed by atoms with E-state index in [9.17, 15) is 4.79 Å². The molecular weight excluding hydrogens is 326 g/mol. The number of fused-ring (bicyclic) bond motifs is 1. The molecule has 0 unspecified atom stereocenters. The van der Waals surface area contributed by atoms with Crippen LogP contribution in [0, 0.1) is 6.92 Å². The summed E-state index contributed by atoms with van der Waals surface area (Å²) >= 11 is 0. The summed E-state index contributed by atoms with van der Waals surface area (Å²) in [6.07, 6.45) is 2.80. The Morgan fingerprint density at radius 3 is 2.77 bits per heavy atom. The number of carbonyl (C=O) groups is 1. The Kier molecular flexibility index (Phi) is 4.56. The van der Waals surface area contributed by atoms with Crippen LogP contribution in [0.15, 0.2) is 48.7 Å². The van der Waals surface area contributed by atoms with Crippen LogP contribution in [0.5, 0.6) is 0 Å². The lowest BCUT2D eigenvalue weighted by atomic mass is 10.2. The molecule has 0 saturated carbocycles. The van der Waals surface area contributed by atoms with E-state index in [2.05, 4.69) is 28.2 Å². The number of anilines is 1. The third-order valence-electron chi connectivity index (χ3n) is 4.83. The summed E-state index contributed by atoms with van der Waals surface area (Å²) in [5.74, 6) is 1.11. The number of rotatable bonds is 3. The minimum Gasteiger partial charge on any atom is -0.355 e. The number of hydrogen-bond donors (Lipinski definition) is 0. The predicted octanol–water partition coefficient (Wildman–Crippen LogP) is 2.48. The van der Waals surface area contributed by atoms with Crippen LogP contribution in [0.1, 0.15) is 12.1 Å². The molecule has 0 atom stereocenters. The molecule has 1 fully saturated rings. The quantitative estimate of drug-likeness (QED) is 0.729. The standard InChI is InChI=1S/C20H23N5O/c1-16-9-12-25(22-16)15-20(26)24-11-4-10-23(13-14-24)19-8-7-17-5-2-3-6-18(17)21-19/h2-3,5-9,12H,4,10-11,13-15H2,1H3. The number of para-hydroxylation sites is 1. The second-order valence-electron chi connectivity index (χ2n) is 6.74. The predicted molar refractivity (Wildman–Crippen MR) is 102 cm³/mol. The summed E-state index contributed by atoms with van der Waals surface area (Å²) in [5.41, 5.74) is 1.94. The fraction of sp³-hybridized carbons (Fsp3) is 0.350. The third-order valence-corrected chi connectivity index (χ3v) is 4.83. The highest BCUT2D eigenvalue weighted by Gasteiger charge is 2.20. The molecule has 26 heavy (non-hydrogen) atoms. The third kappa shape index (κ3) is 3.54. The smallest absolute Gasteiger partial charge is 0.244 e. The second kappa shape index (κ2) is 7.15. The minimum atomic E-state index is 0.126. The van der Waals surface area contributed by atoms with Gasteiger partial charge in [0.1, 0.15) is 12.4 Å². The molecule has 1 aromatic carbocycles. The fourth-order valence-corrected chi connectivity index (χ4v) is 3.42. The Hall–Kier alpha value is -2.89. The van der Waals surface area contributed by atoms with Crippen molar-refractivity contribution >= 4 is 22.6 Å². The normalized spacial score (nSPS) is 15.3. The maximum absolute atomic E-state index is 12.6. The molecule has 0 N–H and O–H groups in total. The Labute approximate surface area is 153 Å². The van der Waals surface area contributed by atoms with E-state index < -0.39 is 0 Å². The zero-order chi connectivity index (χ0) is 17.9. The first-order valence-electron chi connectivity index (χ1n) is 9.08. The summed E-state index contributed by atoms with van der Waals surface area (Å²) in [6.45, 7) is 5.45. The van der Waals surface area contributed by atoms with Gasteiger partial charge in [-0.3, -0.25) is 9.48 Å². The molecule has 134 valence electrons. The number of benzene rings is 1. The monoisotopic (exact) mass is 349 g/mol. The molecule has 6 heteroatoms. The van der Waals surface area contributed by atoms with Gasteiger partial charge in [-0.25, -0.2) is 4.98 Å². The van der Waals surface area contributed by atoms with Crippen molar-refractivity contribution in [2.75, 3.05) is 31.1 Å². The number of carbonyl (C=O) groups excluding carboxylic acids is 1. The van der Waals surface area contributed by atoms with Crippen LogP contribution in [0.2, 0.25) is 0 Å². The maximum atomic E-state index is 12.6. The van der Waals surface area contributed by atoms with Gasteiger partial charge in [-0.1, -0.05) is 18.2 Å². The highest BCUT2D eigenvalue weighted by molar-refractivity contribution is 5.80. The van der Waals surface area contributed by atoms with E-state index in [1.54, 1.807) is 4.68 Å². The van der Waals surface area contributed by atoms with Gasteiger partial charge in [0.25, 0.3) is 0 Å². The van der Waals surface area contributed by atoms with E-state index >= 15 is 0 Å². The molecule has 0 spiro atoms. The van der Waals surface area contributed by atoms with Gasteiger partial charge < -0.3 is 9.80 Å². The summed E-state index contributed by atoms with van der Waals surface area (Å²) in [5, 5.41) is 5.46. The summed E-state index contributed by atoms with van der Waals surface area (Å²) in [6, 6.07) is 14.3.